The van der Waals surface area contributed by atoms with Crippen LogP contribution in [0.1, 0.15) is 5.56 Å². The van der Waals surface area contributed by atoms with E-state index in [4.69, 9.17) is 0 Å². The number of benzene rings is 2. The van der Waals surface area contributed by atoms with Gasteiger partial charge < -0.3 is 10.1 Å². The molecule has 0 aliphatic heterocycles. The zero-order chi connectivity index (χ0) is 14.5. The second-order valence-corrected chi connectivity index (χ2v) is 5.83. The highest BCUT2D eigenvalue weighted by molar-refractivity contribution is 9.10. The molecule has 0 atom stereocenters. The summed E-state index contributed by atoms with van der Waals surface area (Å²) in [5.74, 6) is 0.172. The molecule has 0 unspecified atom stereocenters. The van der Waals surface area contributed by atoms with Crippen LogP contribution in [0.25, 0.3) is 0 Å². The van der Waals surface area contributed by atoms with Gasteiger partial charge in [-0.05, 0) is 36.4 Å². The molecule has 2 nitrogen and oxygen atoms in total. The van der Waals surface area contributed by atoms with Crippen molar-refractivity contribution in [1.82, 2.24) is 0 Å². The zero-order valence-corrected chi connectivity index (χ0v) is 13.4. The second kappa shape index (κ2) is 7.04. The van der Waals surface area contributed by atoms with E-state index in [0.717, 1.165) is 14.6 Å². The number of anilines is 1. The molecule has 106 valence electrons. The number of halogens is 4. The van der Waals surface area contributed by atoms with Crippen LogP contribution >= 0.6 is 31.9 Å². The van der Waals surface area contributed by atoms with Gasteiger partial charge in [-0.3, -0.25) is 0 Å². The molecule has 0 radical (unpaired) electrons. The Bertz CT molecular complexity index is 593. The first-order valence-corrected chi connectivity index (χ1v) is 7.36. The van der Waals surface area contributed by atoms with E-state index in [2.05, 4.69) is 41.9 Å². The van der Waals surface area contributed by atoms with Crippen molar-refractivity contribution >= 4 is 37.5 Å². The molecule has 0 heterocycles. The molecular formula is C14H11Br2F2NO. The van der Waals surface area contributed by atoms with E-state index in [9.17, 15) is 8.78 Å². The molecule has 0 aromatic heterocycles. The van der Waals surface area contributed by atoms with Crippen molar-refractivity contribution in [2.24, 2.45) is 0 Å². The highest BCUT2D eigenvalue weighted by Crippen LogP contribution is 2.26. The molecule has 2 rings (SSSR count). The van der Waals surface area contributed by atoms with Crippen LogP contribution < -0.4 is 10.1 Å². The number of alkyl halides is 2. The van der Waals surface area contributed by atoms with Gasteiger partial charge in [0.25, 0.3) is 0 Å². The second-order valence-electron chi connectivity index (χ2n) is 3.99. The summed E-state index contributed by atoms with van der Waals surface area (Å²) in [6.07, 6.45) is 0. The number of nitrogens with one attached hydrogen (secondary N) is 1. The Kier molecular flexibility index (Phi) is 5.37. The van der Waals surface area contributed by atoms with E-state index in [1.54, 1.807) is 12.1 Å². The third-order valence-corrected chi connectivity index (χ3v) is 3.53. The first-order chi connectivity index (χ1) is 9.54. The topological polar surface area (TPSA) is 21.3 Å². The summed E-state index contributed by atoms with van der Waals surface area (Å²) in [4.78, 5) is 0. The van der Waals surface area contributed by atoms with E-state index >= 15 is 0 Å². The van der Waals surface area contributed by atoms with Crippen molar-refractivity contribution in [2.75, 3.05) is 5.32 Å². The number of hydrogen-bond donors (Lipinski definition) is 1. The fourth-order valence-corrected chi connectivity index (χ4v) is 2.50. The maximum absolute atomic E-state index is 12.4. The Balaban J connectivity index is 2.13. The standard InChI is InChI=1S/C14H11Br2F2NO/c15-10-2-1-3-12(7-10)19-8-9-6-11(16)4-5-13(9)20-14(17)18/h1-7,14,19H,8H2. The van der Waals surface area contributed by atoms with Crippen LogP contribution in [0.2, 0.25) is 0 Å². The highest BCUT2D eigenvalue weighted by Gasteiger charge is 2.10. The lowest BCUT2D eigenvalue weighted by molar-refractivity contribution is -0.0504. The van der Waals surface area contributed by atoms with E-state index in [0.29, 0.717) is 12.1 Å². The lowest BCUT2D eigenvalue weighted by atomic mass is 10.2. The summed E-state index contributed by atoms with van der Waals surface area (Å²) in [6.45, 7) is -2.45. The molecule has 6 heteroatoms. The minimum absolute atomic E-state index is 0.172. The number of rotatable bonds is 5. The van der Waals surface area contributed by atoms with Gasteiger partial charge in [0.05, 0.1) is 0 Å². The molecule has 0 aliphatic rings. The van der Waals surface area contributed by atoms with Crippen molar-refractivity contribution in [2.45, 2.75) is 13.2 Å². The SMILES string of the molecule is FC(F)Oc1ccc(Br)cc1CNc1cccc(Br)c1. The average Bonchev–Trinajstić information content (AvgIpc) is 2.39. The van der Waals surface area contributed by atoms with E-state index in [1.165, 1.54) is 6.07 Å². The summed E-state index contributed by atoms with van der Waals surface area (Å²) in [7, 11) is 0. The lowest BCUT2D eigenvalue weighted by Gasteiger charge is -2.13. The summed E-state index contributed by atoms with van der Waals surface area (Å²) in [6, 6.07) is 12.6. The van der Waals surface area contributed by atoms with Crippen molar-refractivity contribution < 1.29 is 13.5 Å². The van der Waals surface area contributed by atoms with Crippen molar-refractivity contribution in [3.05, 3.63) is 57.0 Å². The van der Waals surface area contributed by atoms with Crippen molar-refractivity contribution in [3.63, 3.8) is 0 Å². The third kappa shape index (κ3) is 4.45. The van der Waals surface area contributed by atoms with Gasteiger partial charge in [-0.25, -0.2) is 0 Å². The first kappa shape index (κ1) is 15.3. The molecular weight excluding hydrogens is 396 g/mol. The summed E-state index contributed by atoms with van der Waals surface area (Å²) in [5.41, 5.74) is 1.54. The number of hydrogen-bond acceptors (Lipinski definition) is 2. The Morgan fingerprint density at radius 1 is 1.05 bits per heavy atom. The molecule has 0 amide bonds. The molecule has 0 spiro atoms. The number of ether oxygens (including phenoxy) is 1. The van der Waals surface area contributed by atoms with E-state index in [1.807, 2.05) is 24.3 Å². The van der Waals surface area contributed by atoms with Crippen molar-refractivity contribution in [1.29, 1.82) is 0 Å². The Labute approximate surface area is 132 Å². The quantitative estimate of drug-likeness (QED) is 0.715. The van der Waals surface area contributed by atoms with Crippen LogP contribution in [0, 0.1) is 0 Å². The predicted molar refractivity (Wildman–Crippen MR) is 82.2 cm³/mol. The largest absolute Gasteiger partial charge is 0.434 e. The third-order valence-electron chi connectivity index (χ3n) is 2.55. The van der Waals surface area contributed by atoms with Gasteiger partial charge in [0.15, 0.2) is 0 Å². The van der Waals surface area contributed by atoms with Crippen LogP contribution in [0.4, 0.5) is 14.5 Å². The molecule has 0 aliphatic carbocycles. The molecule has 0 bridgehead atoms. The summed E-state index contributed by atoms with van der Waals surface area (Å²) >= 11 is 6.70. The highest BCUT2D eigenvalue weighted by atomic mass is 79.9. The Hall–Kier alpha value is -1.14. The van der Waals surface area contributed by atoms with Gasteiger partial charge >= 0.3 is 6.61 Å². The van der Waals surface area contributed by atoms with Crippen LogP contribution in [0.3, 0.4) is 0 Å². The lowest BCUT2D eigenvalue weighted by Crippen LogP contribution is -2.07. The van der Waals surface area contributed by atoms with Crippen molar-refractivity contribution in [3.8, 4) is 5.75 Å². The Morgan fingerprint density at radius 2 is 1.80 bits per heavy atom. The van der Waals surface area contributed by atoms with Gasteiger partial charge in [0.2, 0.25) is 0 Å². The van der Waals surface area contributed by atoms with Crippen LogP contribution in [0.5, 0.6) is 5.75 Å². The van der Waals surface area contributed by atoms with Gasteiger partial charge in [-0.1, -0.05) is 37.9 Å². The summed E-state index contributed by atoms with van der Waals surface area (Å²) in [5, 5.41) is 3.17. The molecule has 20 heavy (non-hydrogen) atoms. The minimum atomic E-state index is -2.83. The normalized spacial score (nSPS) is 10.7. The van der Waals surface area contributed by atoms with E-state index < -0.39 is 6.61 Å². The maximum Gasteiger partial charge on any atom is 0.387 e. The van der Waals surface area contributed by atoms with Gasteiger partial charge in [0, 0.05) is 26.7 Å². The van der Waals surface area contributed by atoms with Gasteiger partial charge in [-0.15, -0.1) is 0 Å². The average molecular weight is 407 g/mol. The van der Waals surface area contributed by atoms with Gasteiger partial charge in [0.1, 0.15) is 5.75 Å². The Morgan fingerprint density at radius 3 is 2.50 bits per heavy atom. The van der Waals surface area contributed by atoms with Crippen LogP contribution in [0.15, 0.2) is 51.4 Å². The van der Waals surface area contributed by atoms with E-state index in [-0.39, 0.29) is 5.75 Å². The fraction of sp³-hybridized carbons (Fsp3) is 0.143. The molecule has 0 saturated carbocycles. The fourth-order valence-electron chi connectivity index (χ4n) is 1.69. The zero-order valence-electron chi connectivity index (χ0n) is 10.2. The summed E-state index contributed by atoms with van der Waals surface area (Å²) < 4.78 is 31.0. The molecule has 2 aromatic rings. The molecule has 0 fully saturated rings. The van der Waals surface area contributed by atoms with Gasteiger partial charge in [-0.2, -0.15) is 8.78 Å². The predicted octanol–water partition coefficient (Wildman–Crippen LogP) is 5.43. The monoisotopic (exact) mass is 405 g/mol. The molecule has 1 N–H and O–H groups in total. The molecule has 0 saturated heterocycles. The van der Waals surface area contributed by atoms with Crippen LogP contribution in [-0.4, -0.2) is 6.61 Å². The minimum Gasteiger partial charge on any atom is -0.434 e. The molecule has 2 aromatic carbocycles. The maximum atomic E-state index is 12.4. The first-order valence-electron chi connectivity index (χ1n) is 5.77. The van der Waals surface area contributed by atoms with Crippen LogP contribution in [-0.2, 0) is 6.54 Å². The smallest absolute Gasteiger partial charge is 0.387 e.